The summed E-state index contributed by atoms with van der Waals surface area (Å²) in [6.45, 7) is 5.53. The Balaban J connectivity index is 2.43. The van der Waals surface area contributed by atoms with E-state index < -0.39 is 6.10 Å². The van der Waals surface area contributed by atoms with E-state index in [0.717, 1.165) is 13.0 Å². The zero-order chi connectivity index (χ0) is 17.0. The summed E-state index contributed by atoms with van der Waals surface area (Å²) in [4.78, 5) is 16.3. The van der Waals surface area contributed by atoms with Crippen molar-refractivity contribution in [2.75, 3.05) is 38.7 Å². The van der Waals surface area contributed by atoms with Gasteiger partial charge in [-0.15, -0.1) is 0 Å². The maximum absolute atomic E-state index is 12.5. The number of carbonyl (C=O) groups excluding carboxylic acids is 1. The third-order valence-electron chi connectivity index (χ3n) is 3.71. The number of ether oxygens (including phenoxy) is 2. The lowest BCUT2D eigenvalue weighted by atomic mass is 10.1. The molecule has 6 nitrogen and oxygen atoms in total. The van der Waals surface area contributed by atoms with E-state index in [9.17, 15) is 9.90 Å². The van der Waals surface area contributed by atoms with E-state index >= 15 is 0 Å². The van der Waals surface area contributed by atoms with E-state index in [2.05, 4.69) is 0 Å². The molecular formula is C17H26N2O4. The van der Waals surface area contributed by atoms with Gasteiger partial charge in [-0.05, 0) is 45.1 Å². The van der Waals surface area contributed by atoms with Crippen molar-refractivity contribution in [2.45, 2.75) is 33.0 Å². The van der Waals surface area contributed by atoms with Crippen LogP contribution in [0, 0.1) is 0 Å². The van der Waals surface area contributed by atoms with Gasteiger partial charge in [0.25, 0.3) is 5.91 Å². The first-order valence-electron chi connectivity index (χ1n) is 8.01. The van der Waals surface area contributed by atoms with E-state index in [-0.39, 0.29) is 12.5 Å². The van der Waals surface area contributed by atoms with Gasteiger partial charge in [-0.1, -0.05) is 6.92 Å². The van der Waals surface area contributed by atoms with Gasteiger partial charge < -0.3 is 24.4 Å². The maximum Gasteiger partial charge on any atom is 0.267 e. The highest BCUT2D eigenvalue weighted by molar-refractivity contribution is 6.00. The number of hydrogen-bond donors (Lipinski definition) is 1. The zero-order valence-electron chi connectivity index (χ0n) is 14.3. The lowest BCUT2D eigenvalue weighted by molar-refractivity contribution is -0.125. The summed E-state index contributed by atoms with van der Waals surface area (Å²) < 4.78 is 11.6. The Labute approximate surface area is 137 Å². The molecule has 0 fully saturated rings. The van der Waals surface area contributed by atoms with Gasteiger partial charge in [-0.25, -0.2) is 0 Å². The van der Waals surface area contributed by atoms with Gasteiger partial charge in [0.05, 0.1) is 18.9 Å². The Kier molecular flexibility index (Phi) is 5.85. The molecule has 0 radical (unpaired) electrons. The highest BCUT2D eigenvalue weighted by atomic mass is 16.5. The zero-order valence-corrected chi connectivity index (χ0v) is 14.3. The van der Waals surface area contributed by atoms with Crippen molar-refractivity contribution in [2.24, 2.45) is 0 Å². The standard InChI is InChI=1S/C17H26N2O4/c1-5-8-22-15-10-13(11-20)9-14-16(15)23-12(2)17(21)19(14)7-6-18(3)4/h9-10,12,20H,5-8,11H2,1-4H3. The largest absolute Gasteiger partial charge is 0.490 e. The molecule has 0 aliphatic carbocycles. The minimum Gasteiger partial charge on any atom is -0.490 e. The molecule has 0 spiro atoms. The Morgan fingerprint density at radius 1 is 1.39 bits per heavy atom. The molecule has 6 heteroatoms. The number of benzene rings is 1. The monoisotopic (exact) mass is 322 g/mol. The highest BCUT2D eigenvalue weighted by Gasteiger charge is 2.34. The molecule has 1 heterocycles. The Morgan fingerprint density at radius 2 is 2.13 bits per heavy atom. The van der Waals surface area contributed by atoms with Crippen LogP contribution in [0.1, 0.15) is 25.8 Å². The van der Waals surface area contributed by atoms with Crippen LogP contribution < -0.4 is 14.4 Å². The molecule has 0 bridgehead atoms. The second-order valence-electron chi connectivity index (χ2n) is 6.00. The second-order valence-corrected chi connectivity index (χ2v) is 6.00. The number of amides is 1. The molecule has 1 aliphatic rings. The van der Waals surface area contributed by atoms with Gasteiger partial charge >= 0.3 is 0 Å². The SMILES string of the molecule is CCCOc1cc(CO)cc2c1OC(C)C(=O)N2CCN(C)C. The van der Waals surface area contributed by atoms with Crippen LogP contribution in [0.5, 0.6) is 11.5 Å². The van der Waals surface area contributed by atoms with Crippen LogP contribution in [-0.4, -0.2) is 55.8 Å². The molecule has 1 unspecified atom stereocenters. The van der Waals surface area contributed by atoms with Crippen molar-refractivity contribution in [3.05, 3.63) is 17.7 Å². The first-order valence-corrected chi connectivity index (χ1v) is 8.01. The summed E-state index contributed by atoms with van der Waals surface area (Å²) in [6, 6.07) is 3.58. The molecule has 1 amide bonds. The fourth-order valence-electron chi connectivity index (χ4n) is 2.47. The van der Waals surface area contributed by atoms with Crippen LogP contribution in [0.3, 0.4) is 0 Å². The van der Waals surface area contributed by atoms with Crippen molar-refractivity contribution in [3.8, 4) is 11.5 Å². The molecule has 1 aromatic rings. The van der Waals surface area contributed by atoms with Gasteiger partial charge in [0.15, 0.2) is 17.6 Å². The minimum absolute atomic E-state index is 0.0733. The number of carbonyl (C=O) groups is 1. The molecule has 1 aromatic carbocycles. The first-order chi connectivity index (χ1) is 11.0. The molecular weight excluding hydrogens is 296 g/mol. The molecule has 0 saturated carbocycles. The average molecular weight is 322 g/mol. The summed E-state index contributed by atoms with van der Waals surface area (Å²) in [5.74, 6) is 1.10. The highest BCUT2D eigenvalue weighted by Crippen LogP contribution is 2.43. The molecule has 1 N–H and O–H groups in total. The normalized spacial score (nSPS) is 17.2. The van der Waals surface area contributed by atoms with Gasteiger partial charge in [0.2, 0.25) is 0 Å². The van der Waals surface area contributed by atoms with E-state index in [1.807, 2.05) is 25.9 Å². The van der Waals surface area contributed by atoms with Crippen LogP contribution >= 0.6 is 0 Å². The quantitative estimate of drug-likeness (QED) is 0.827. The van der Waals surface area contributed by atoms with Gasteiger partial charge in [-0.2, -0.15) is 0 Å². The van der Waals surface area contributed by atoms with Crippen molar-refractivity contribution in [1.82, 2.24) is 4.90 Å². The van der Waals surface area contributed by atoms with Gasteiger partial charge in [-0.3, -0.25) is 4.79 Å². The number of anilines is 1. The van der Waals surface area contributed by atoms with Crippen LogP contribution in [0.25, 0.3) is 0 Å². The number of hydrogen-bond acceptors (Lipinski definition) is 5. The molecule has 0 aromatic heterocycles. The van der Waals surface area contributed by atoms with Crippen LogP contribution in [0.2, 0.25) is 0 Å². The second kappa shape index (κ2) is 7.66. The fraction of sp³-hybridized carbons (Fsp3) is 0.588. The summed E-state index contributed by atoms with van der Waals surface area (Å²) in [6.07, 6.45) is 0.324. The first kappa shape index (κ1) is 17.6. The number of likely N-dealkylation sites (N-methyl/N-ethyl adjacent to an activating group) is 1. The third-order valence-corrected chi connectivity index (χ3v) is 3.71. The summed E-state index contributed by atoms with van der Waals surface area (Å²) >= 11 is 0. The van der Waals surface area contributed by atoms with E-state index in [1.54, 1.807) is 24.0 Å². The molecule has 2 rings (SSSR count). The molecule has 23 heavy (non-hydrogen) atoms. The lowest BCUT2D eigenvalue weighted by Crippen LogP contribution is -2.47. The average Bonchev–Trinajstić information content (AvgIpc) is 2.53. The van der Waals surface area contributed by atoms with Gasteiger partial charge in [0.1, 0.15) is 0 Å². The van der Waals surface area contributed by atoms with Crippen molar-refractivity contribution >= 4 is 11.6 Å². The summed E-state index contributed by atoms with van der Waals surface area (Å²) in [5.41, 5.74) is 1.38. The minimum atomic E-state index is -0.548. The van der Waals surface area contributed by atoms with E-state index in [1.165, 1.54) is 0 Å². The molecule has 1 aliphatic heterocycles. The predicted molar refractivity (Wildman–Crippen MR) is 89.1 cm³/mol. The molecule has 0 saturated heterocycles. The van der Waals surface area contributed by atoms with E-state index in [0.29, 0.717) is 35.9 Å². The number of aliphatic hydroxyl groups is 1. The van der Waals surface area contributed by atoms with E-state index in [4.69, 9.17) is 9.47 Å². The number of aliphatic hydroxyl groups excluding tert-OH is 1. The van der Waals surface area contributed by atoms with Gasteiger partial charge in [0, 0.05) is 13.1 Å². The van der Waals surface area contributed by atoms with Crippen molar-refractivity contribution in [3.63, 3.8) is 0 Å². The van der Waals surface area contributed by atoms with Crippen LogP contribution in [-0.2, 0) is 11.4 Å². The predicted octanol–water partition coefficient (Wildman–Crippen LogP) is 1.64. The lowest BCUT2D eigenvalue weighted by Gasteiger charge is -2.34. The summed E-state index contributed by atoms with van der Waals surface area (Å²) in [7, 11) is 3.93. The molecule has 1 atom stereocenters. The fourth-order valence-corrected chi connectivity index (χ4v) is 2.47. The topological polar surface area (TPSA) is 62.2 Å². The van der Waals surface area contributed by atoms with Crippen LogP contribution in [0.4, 0.5) is 5.69 Å². The number of fused-ring (bicyclic) bond motifs is 1. The number of rotatable bonds is 7. The van der Waals surface area contributed by atoms with Crippen molar-refractivity contribution in [1.29, 1.82) is 0 Å². The van der Waals surface area contributed by atoms with Crippen LogP contribution in [0.15, 0.2) is 12.1 Å². The van der Waals surface area contributed by atoms with Crippen molar-refractivity contribution < 1.29 is 19.4 Å². The Hall–Kier alpha value is -1.79. The Bertz CT molecular complexity index is 560. The maximum atomic E-state index is 12.5. The Morgan fingerprint density at radius 3 is 2.74 bits per heavy atom. The molecule has 128 valence electrons. The third kappa shape index (κ3) is 3.95. The smallest absolute Gasteiger partial charge is 0.267 e. The summed E-state index contributed by atoms with van der Waals surface area (Å²) in [5, 5.41) is 9.50. The number of nitrogens with zero attached hydrogens (tertiary/aromatic N) is 2.